The smallest absolute Gasteiger partial charge is 0.163 e. The van der Waals surface area contributed by atoms with Crippen molar-refractivity contribution in [2.24, 2.45) is 0 Å². The minimum absolute atomic E-state index is 0.519. The van der Waals surface area contributed by atoms with Crippen LogP contribution in [0.25, 0.3) is 11.4 Å². The lowest BCUT2D eigenvalue weighted by atomic mass is 10.2. The zero-order valence-corrected chi connectivity index (χ0v) is 14.8. The van der Waals surface area contributed by atoms with Crippen LogP contribution >= 0.6 is 0 Å². The van der Waals surface area contributed by atoms with Gasteiger partial charge < -0.3 is 20.1 Å². The van der Waals surface area contributed by atoms with Gasteiger partial charge in [0.2, 0.25) is 0 Å². The van der Waals surface area contributed by atoms with Crippen molar-refractivity contribution in [2.45, 2.75) is 18.9 Å². The SMILES string of the molecule is c1ccc(-c2nc(Nc3ccc4c(c3)OCCO4)cc(NC3CC3)n2)cc1. The maximum absolute atomic E-state index is 5.67. The molecule has 0 spiro atoms. The topological polar surface area (TPSA) is 68.3 Å². The van der Waals surface area contributed by atoms with Crippen LogP contribution in [-0.4, -0.2) is 29.2 Å². The zero-order valence-electron chi connectivity index (χ0n) is 14.8. The average molecular weight is 360 g/mol. The molecule has 1 aliphatic carbocycles. The number of ether oxygens (including phenoxy) is 2. The highest BCUT2D eigenvalue weighted by atomic mass is 16.6. The second-order valence-electron chi connectivity index (χ2n) is 6.73. The molecule has 0 amide bonds. The molecule has 1 aliphatic heterocycles. The molecule has 2 heterocycles. The molecule has 1 fully saturated rings. The summed E-state index contributed by atoms with van der Waals surface area (Å²) in [6.45, 7) is 1.15. The van der Waals surface area contributed by atoms with E-state index in [-0.39, 0.29) is 0 Å². The van der Waals surface area contributed by atoms with Crippen molar-refractivity contribution in [2.75, 3.05) is 23.8 Å². The molecule has 2 aromatic carbocycles. The molecule has 1 aromatic heterocycles. The Kier molecular flexibility index (Phi) is 4.01. The van der Waals surface area contributed by atoms with Gasteiger partial charge in [0.25, 0.3) is 0 Å². The van der Waals surface area contributed by atoms with Crippen molar-refractivity contribution in [1.82, 2.24) is 9.97 Å². The van der Waals surface area contributed by atoms with Gasteiger partial charge in [-0.05, 0) is 25.0 Å². The van der Waals surface area contributed by atoms with E-state index in [1.807, 2.05) is 54.6 Å². The van der Waals surface area contributed by atoms with Crippen molar-refractivity contribution in [3.63, 3.8) is 0 Å². The van der Waals surface area contributed by atoms with Gasteiger partial charge in [-0.15, -0.1) is 0 Å². The van der Waals surface area contributed by atoms with E-state index in [0.29, 0.717) is 25.1 Å². The predicted molar refractivity (Wildman–Crippen MR) is 105 cm³/mol. The van der Waals surface area contributed by atoms with Crippen LogP contribution < -0.4 is 20.1 Å². The van der Waals surface area contributed by atoms with Gasteiger partial charge >= 0.3 is 0 Å². The summed E-state index contributed by atoms with van der Waals surface area (Å²) in [5, 5.41) is 6.84. The Hall–Kier alpha value is -3.28. The number of nitrogens with one attached hydrogen (secondary N) is 2. The molecule has 0 atom stereocenters. The third-order valence-electron chi connectivity index (χ3n) is 4.50. The van der Waals surface area contributed by atoms with Gasteiger partial charge in [-0.1, -0.05) is 30.3 Å². The Balaban J connectivity index is 1.47. The number of fused-ring (bicyclic) bond motifs is 1. The van der Waals surface area contributed by atoms with Gasteiger partial charge in [0.05, 0.1) is 0 Å². The van der Waals surface area contributed by atoms with Crippen molar-refractivity contribution in [3.8, 4) is 22.9 Å². The van der Waals surface area contributed by atoms with Crippen LogP contribution in [0.3, 0.4) is 0 Å². The van der Waals surface area contributed by atoms with Crippen molar-refractivity contribution in [1.29, 1.82) is 0 Å². The first-order valence-corrected chi connectivity index (χ1v) is 9.21. The summed E-state index contributed by atoms with van der Waals surface area (Å²) in [6.07, 6.45) is 2.38. The first kappa shape index (κ1) is 15.9. The van der Waals surface area contributed by atoms with Gasteiger partial charge in [-0.3, -0.25) is 0 Å². The van der Waals surface area contributed by atoms with E-state index in [1.54, 1.807) is 0 Å². The van der Waals surface area contributed by atoms with Gasteiger partial charge in [0.15, 0.2) is 17.3 Å². The first-order valence-electron chi connectivity index (χ1n) is 9.21. The van der Waals surface area contributed by atoms with E-state index in [0.717, 1.165) is 34.4 Å². The number of rotatable bonds is 5. The Morgan fingerprint density at radius 1 is 0.815 bits per heavy atom. The summed E-state index contributed by atoms with van der Waals surface area (Å²) in [5.74, 6) is 3.80. The van der Waals surface area contributed by atoms with Crippen LogP contribution in [0.15, 0.2) is 54.6 Å². The van der Waals surface area contributed by atoms with E-state index >= 15 is 0 Å². The summed E-state index contributed by atoms with van der Waals surface area (Å²) >= 11 is 0. The molecule has 5 rings (SSSR count). The molecule has 0 radical (unpaired) electrons. The fourth-order valence-corrected chi connectivity index (χ4v) is 3.01. The largest absolute Gasteiger partial charge is 0.486 e. The molecule has 2 aliphatic rings. The van der Waals surface area contributed by atoms with Gasteiger partial charge in [-0.2, -0.15) is 0 Å². The number of nitrogens with zero attached hydrogens (tertiary/aromatic N) is 2. The number of anilines is 3. The second-order valence-corrected chi connectivity index (χ2v) is 6.73. The normalized spacial score (nSPS) is 15.3. The van der Waals surface area contributed by atoms with Crippen LogP contribution in [0.2, 0.25) is 0 Å². The standard InChI is InChI=1S/C21H20N4O2/c1-2-4-14(5-3-1)21-24-19(22-15-6-7-15)13-20(25-21)23-16-8-9-17-18(12-16)27-11-10-26-17/h1-5,8-9,12-13,15H,6-7,10-11H2,(H2,22,23,24,25). The summed E-state index contributed by atoms with van der Waals surface area (Å²) in [4.78, 5) is 9.39. The van der Waals surface area contributed by atoms with Crippen LogP contribution in [0, 0.1) is 0 Å². The number of hydrogen-bond donors (Lipinski definition) is 2. The van der Waals surface area contributed by atoms with Gasteiger partial charge in [0.1, 0.15) is 24.8 Å². The quantitative estimate of drug-likeness (QED) is 0.710. The van der Waals surface area contributed by atoms with E-state index in [4.69, 9.17) is 14.5 Å². The number of benzene rings is 2. The van der Waals surface area contributed by atoms with Crippen LogP contribution in [0.1, 0.15) is 12.8 Å². The molecule has 27 heavy (non-hydrogen) atoms. The molecule has 3 aromatic rings. The third kappa shape index (κ3) is 3.65. The highest BCUT2D eigenvalue weighted by molar-refractivity contribution is 5.67. The van der Waals surface area contributed by atoms with Crippen molar-refractivity contribution in [3.05, 3.63) is 54.6 Å². The molecular weight excluding hydrogens is 340 g/mol. The van der Waals surface area contributed by atoms with Crippen LogP contribution in [-0.2, 0) is 0 Å². The summed E-state index contributed by atoms with van der Waals surface area (Å²) in [6, 6.07) is 18.3. The monoisotopic (exact) mass is 360 g/mol. The maximum Gasteiger partial charge on any atom is 0.163 e. The van der Waals surface area contributed by atoms with E-state index in [2.05, 4.69) is 15.6 Å². The van der Waals surface area contributed by atoms with Gasteiger partial charge in [-0.25, -0.2) is 9.97 Å². The predicted octanol–water partition coefficient (Wildman–Crippen LogP) is 4.23. The zero-order chi connectivity index (χ0) is 18.1. The van der Waals surface area contributed by atoms with Crippen molar-refractivity contribution < 1.29 is 9.47 Å². The minimum atomic E-state index is 0.519. The molecule has 6 heteroatoms. The molecule has 0 saturated heterocycles. The molecule has 1 saturated carbocycles. The molecule has 0 bridgehead atoms. The Bertz CT molecular complexity index is 958. The fourth-order valence-electron chi connectivity index (χ4n) is 3.01. The average Bonchev–Trinajstić information content (AvgIpc) is 3.52. The number of hydrogen-bond acceptors (Lipinski definition) is 6. The highest BCUT2D eigenvalue weighted by Crippen LogP contribution is 2.34. The fraction of sp³-hybridized carbons (Fsp3) is 0.238. The van der Waals surface area contributed by atoms with E-state index in [9.17, 15) is 0 Å². The lowest BCUT2D eigenvalue weighted by Gasteiger charge is -2.19. The molecule has 2 N–H and O–H groups in total. The first-order chi connectivity index (χ1) is 13.3. The molecular formula is C21H20N4O2. The highest BCUT2D eigenvalue weighted by Gasteiger charge is 2.22. The lowest BCUT2D eigenvalue weighted by molar-refractivity contribution is 0.171. The van der Waals surface area contributed by atoms with Gasteiger partial charge in [0, 0.05) is 29.4 Å². The lowest BCUT2D eigenvalue weighted by Crippen LogP contribution is -2.15. The van der Waals surface area contributed by atoms with E-state index < -0.39 is 0 Å². The summed E-state index contributed by atoms with van der Waals surface area (Å²) < 4.78 is 11.3. The molecule has 6 nitrogen and oxygen atoms in total. The van der Waals surface area contributed by atoms with Crippen LogP contribution in [0.5, 0.6) is 11.5 Å². The van der Waals surface area contributed by atoms with E-state index in [1.165, 1.54) is 12.8 Å². The maximum atomic E-state index is 5.67. The summed E-state index contributed by atoms with van der Waals surface area (Å²) in [5.41, 5.74) is 1.89. The molecule has 136 valence electrons. The Morgan fingerprint density at radius 2 is 1.59 bits per heavy atom. The van der Waals surface area contributed by atoms with Crippen LogP contribution in [0.4, 0.5) is 17.3 Å². The summed E-state index contributed by atoms with van der Waals surface area (Å²) in [7, 11) is 0. The minimum Gasteiger partial charge on any atom is -0.486 e. The molecule has 0 unspecified atom stereocenters. The Labute approximate surface area is 157 Å². The number of aromatic nitrogens is 2. The Morgan fingerprint density at radius 3 is 2.41 bits per heavy atom. The van der Waals surface area contributed by atoms with Crippen molar-refractivity contribution >= 4 is 17.3 Å². The third-order valence-corrected chi connectivity index (χ3v) is 4.50. The second kappa shape index (κ2) is 6.79.